The van der Waals surface area contributed by atoms with Crippen molar-refractivity contribution in [3.63, 3.8) is 0 Å². The summed E-state index contributed by atoms with van der Waals surface area (Å²) in [6.45, 7) is 2.77. The highest BCUT2D eigenvalue weighted by Gasteiger charge is 2.11. The van der Waals surface area contributed by atoms with Crippen LogP contribution in [0.4, 0.5) is 0 Å². The third-order valence-corrected chi connectivity index (χ3v) is 1.49. The van der Waals surface area contributed by atoms with E-state index in [4.69, 9.17) is 0 Å². The SMILES string of the molecule is CCOC(=O)/C=C(/C)C(=O)OCC(=O)OC. The van der Waals surface area contributed by atoms with E-state index in [0.717, 1.165) is 6.08 Å². The summed E-state index contributed by atoms with van der Waals surface area (Å²) < 4.78 is 13.4. The van der Waals surface area contributed by atoms with Gasteiger partial charge in [0.15, 0.2) is 6.61 Å². The van der Waals surface area contributed by atoms with Crippen molar-refractivity contribution in [2.75, 3.05) is 20.3 Å². The molecule has 0 aliphatic heterocycles. The minimum Gasteiger partial charge on any atom is -0.466 e. The lowest BCUT2D eigenvalue weighted by molar-refractivity contribution is -0.154. The number of hydrogen-bond donors (Lipinski definition) is 0. The Morgan fingerprint density at radius 2 is 1.81 bits per heavy atom. The standard InChI is InChI=1S/C10H14O6/c1-4-15-8(11)5-7(2)10(13)16-6-9(12)14-3/h5H,4,6H2,1-3H3/b7-5-. The molecule has 0 radical (unpaired) electrons. The summed E-state index contributed by atoms with van der Waals surface area (Å²) >= 11 is 0. The topological polar surface area (TPSA) is 78.9 Å². The predicted octanol–water partition coefficient (Wildman–Crippen LogP) is 0.212. The first kappa shape index (κ1) is 14.2. The molecule has 0 saturated carbocycles. The van der Waals surface area contributed by atoms with Gasteiger partial charge in [-0.05, 0) is 13.8 Å². The Balaban J connectivity index is 4.17. The maximum atomic E-state index is 11.2. The summed E-state index contributed by atoms with van der Waals surface area (Å²) in [5, 5.41) is 0. The van der Waals surface area contributed by atoms with Crippen LogP contribution in [0.5, 0.6) is 0 Å². The first-order chi connectivity index (χ1) is 7.51. The summed E-state index contributed by atoms with van der Waals surface area (Å²) in [5.41, 5.74) is 0.0577. The van der Waals surface area contributed by atoms with E-state index in [0.29, 0.717) is 0 Å². The zero-order valence-corrected chi connectivity index (χ0v) is 9.44. The molecule has 0 unspecified atom stereocenters. The molecule has 0 N–H and O–H groups in total. The molecule has 6 heteroatoms. The fourth-order valence-corrected chi connectivity index (χ4v) is 0.717. The number of ether oxygens (including phenoxy) is 3. The molecule has 0 aliphatic rings. The number of esters is 3. The molecule has 0 atom stereocenters. The van der Waals surface area contributed by atoms with E-state index in [1.807, 2.05) is 0 Å². The van der Waals surface area contributed by atoms with Crippen molar-refractivity contribution in [3.05, 3.63) is 11.6 Å². The van der Waals surface area contributed by atoms with Crippen LogP contribution in [0.2, 0.25) is 0 Å². The van der Waals surface area contributed by atoms with Crippen LogP contribution in [-0.2, 0) is 28.6 Å². The summed E-state index contributed by atoms with van der Waals surface area (Å²) in [6, 6.07) is 0. The number of carbonyl (C=O) groups is 3. The van der Waals surface area contributed by atoms with Gasteiger partial charge in [0.1, 0.15) is 0 Å². The third-order valence-electron chi connectivity index (χ3n) is 1.49. The van der Waals surface area contributed by atoms with Gasteiger partial charge in [0, 0.05) is 11.6 Å². The Kier molecular flexibility index (Phi) is 6.58. The van der Waals surface area contributed by atoms with Crippen LogP contribution >= 0.6 is 0 Å². The number of rotatable bonds is 5. The second kappa shape index (κ2) is 7.44. The molecule has 0 rings (SSSR count). The van der Waals surface area contributed by atoms with Crippen LogP contribution in [0.15, 0.2) is 11.6 Å². The minimum atomic E-state index is -0.765. The maximum Gasteiger partial charge on any atom is 0.344 e. The lowest BCUT2D eigenvalue weighted by Crippen LogP contribution is -2.16. The van der Waals surface area contributed by atoms with Gasteiger partial charge in [-0.25, -0.2) is 14.4 Å². The molecular formula is C10H14O6. The monoisotopic (exact) mass is 230 g/mol. The van der Waals surface area contributed by atoms with Gasteiger partial charge < -0.3 is 14.2 Å². The van der Waals surface area contributed by atoms with Gasteiger partial charge in [0.05, 0.1) is 13.7 Å². The predicted molar refractivity (Wildman–Crippen MR) is 53.4 cm³/mol. The zero-order valence-electron chi connectivity index (χ0n) is 9.44. The second-order valence-corrected chi connectivity index (χ2v) is 2.73. The number of methoxy groups -OCH3 is 1. The fraction of sp³-hybridized carbons (Fsp3) is 0.500. The van der Waals surface area contributed by atoms with Crippen molar-refractivity contribution >= 4 is 17.9 Å². The lowest BCUT2D eigenvalue weighted by Gasteiger charge is -2.03. The van der Waals surface area contributed by atoms with Crippen molar-refractivity contribution in [1.82, 2.24) is 0 Å². The van der Waals surface area contributed by atoms with Crippen LogP contribution in [0.3, 0.4) is 0 Å². The average Bonchev–Trinajstić information content (AvgIpc) is 2.25. The molecule has 0 aromatic rings. The van der Waals surface area contributed by atoms with Crippen molar-refractivity contribution < 1.29 is 28.6 Å². The van der Waals surface area contributed by atoms with Gasteiger partial charge >= 0.3 is 17.9 Å². The fourth-order valence-electron chi connectivity index (χ4n) is 0.717. The van der Waals surface area contributed by atoms with Crippen molar-refractivity contribution in [1.29, 1.82) is 0 Å². The molecule has 0 aliphatic carbocycles. The van der Waals surface area contributed by atoms with Gasteiger partial charge in [-0.1, -0.05) is 0 Å². The van der Waals surface area contributed by atoms with Gasteiger partial charge in [-0.15, -0.1) is 0 Å². The van der Waals surface area contributed by atoms with Crippen LogP contribution in [0.1, 0.15) is 13.8 Å². The van der Waals surface area contributed by atoms with Gasteiger partial charge in [0.25, 0.3) is 0 Å². The van der Waals surface area contributed by atoms with Crippen molar-refractivity contribution in [3.8, 4) is 0 Å². The Morgan fingerprint density at radius 3 is 2.31 bits per heavy atom. The molecule has 0 aromatic carbocycles. The normalized spacial score (nSPS) is 10.6. The minimum absolute atomic E-state index is 0.0577. The molecular weight excluding hydrogens is 216 g/mol. The van der Waals surface area contributed by atoms with Gasteiger partial charge in [0.2, 0.25) is 0 Å². The number of hydrogen-bond acceptors (Lipinski definition) is 6. The molecule has 0 spiro atoms. The number of carbonyl (C=O) groups excluding carboxylic acids is 3. The molecule has 0 bridgehead atoms. The largest absolute Gasteiger partial charge is 0.466 e. The molecule has 90 valence electrons. The van der Waals surface area contributed by atoms with Crippen LogP contribution < -0.4 is 0 Å². The van der Waals surface area contributed by atoms with E-state index in [2.05, 4.69) is 14.2 Å². The van der Waals surface area contributed by atoms with Crippen LogP contribution in [0, 0.1) is 0 Å². The van der Waals surface area contributed by atoms with E-state index >= 15 is 0 Å². The maximum absolute atomic E-state index is 11.2. The first-order valence-electron chi connectivity index (χ1n) is 4.60. The highest BCUT2D eigenvalue weighted by Crippen LogP contribution is 1.98. The van der Waals surface area contributed by atoms with Crippen molar-refractivity contribution in [2.24, 2.45) is 0 Å². The van der Waals surface area contributed by atoms with E-state index in [9.17, 15) is 14.4 Å². The Hall–Kier alpha value is -1.85. The molecule has 0 aromatic heterocycles. The Morgan fingerprint density at radius 1 is 1.19 bits per heavy atom. The zero-order chi connectivity index (χ0) is 12.6. The van der Waals surface area contributed by atoms with Gasteiger partial charge in [-0.2, -0.15) is 0 Å². The first-order valence-corrected chi connectivity index (χ1v) is 4.60. The van der Waals surface area contributed by atoms with E-state index < -0.39 is 24.5 Å². The molecule has 0 amide bonds. The van der Waals surface area contributed by atoms with Crippen molar-refractivity contribution in [2.45, 2.75) is 13.8 Å². The summed E-state index contributed by atoms with van der Waals surface area (Å²) in [5.74, 6) is -2.06. The van der Waals surface area contributed by atoms with Crippen LogP contribution in [0.25, 0.3) is 0 Å². The molecule has 0 heterocycles. The van der Waals surface area contributed by atoms with Gasteiger partial charge in [-0.3, -0.25) is 0 Å². The smallest absolute Gasteiger partial charge is 0.344 e. The van der Waals surface area contributed by atoms with Crippen LogP contribution in [-0.4, -0.2) is 38.2 Å². The molecule has 16 heavy (non-hydrogen) atoms. The summed E-state index contributed by atoms with van der Waals surface area (Å²) in [7, 11) is 1.18. The second-order valence-electron chi connectivity index (χ2n) is 2.73. The highest BCUT2D eigenvalue weighted by molar-refractivity contribution is 5.96. The third kappa shape index (κ3) is 5.79. The molecule has 0 fully saturated rings. The molecule has 0 saturated heterocycles. The van der Waals surface area contributed by atoms with E-state index in [1.54, 1.807) is 6.92 Å². The quantitative estimate of drug-likeness (QED) is 0.381. The van der Waals surface area contributed by atoms with E-state index in [-0.39, 0.29) is 12.2 Å². The average molecular weight is 230 g/mol. The lowest BCUT2D eigenvalue weighted by atomic mass is 10.3. The summed E-state index contributed by atoms with van der Waals surface area (Å²) in [4.78, 5) is 32.8. The highest BCUT2D eigenvalue weighted by atomic mass is 16.6. The summed E-state index contributed by atoms with van der Waals surface area (Å²) in [6.07, 6.45) is 1.00. The molecule has 6 nitrogen and oxygen atoms in total. The van der Waals surface area contributed by atoms with E-state index in [1.165, 1.54) is 14.0 Å². The Labute approximate surface area is 93.2 Å². The Bertz CT molecular complexity index is 304.